The van der Waals surface area contributed by atoms with Crippen molar-refractivity contribution in [1.29, 1.82) is 0 Å². The lowest BCUT2D eigenvalue weighted by atomic mass is 9.67. The molecule has 2 nitrogen and oxygen atoms in total. The number of ether oxygens (including phenoxy) is 1. The molecule has 1 aliphatic carbocycles. The summed E-state index contributed by atoms with van der Waals surface area (Å²) in [5, 5.41) is 3.60. The lowest BCUT2D eigenvalue weighted by Gasteiger charge is -2.41. The Kier molecular flexibility index (Phi) is 8.72. The molecule has 0 unspecified atom stereocenters. The van der Waals surface area contributed by atoms with Gasteiger partial charge in [-0.05, 0) is 56.4 Å². The molecule has 0 aromatic heterocycles. The lowest BCUT2D eigenvalue weighted by Crippen LogP contribution is -2.38. The molecule has 1 fully saturated rings. The van der Waals surface area contributed by atoms with E-state index in [9.17, 15) is 0 Å². The molecule has 1 N–H and O–H groups in total. The summed E-state index contributed by atoms with van der Waals surface area (Å²) in [5.74, 6) is 1.01. The second-order valence-corrected chi connectivity index (χ2v) is 6.46. The Labute approximate surface area is 120 Å². The van der Waals surface area contributed by atoms with Crippen LogP contribution < -0.4 is 5.32 Å². The van der Waals surface area contributed by atoms with E-state index < -0.39 is 0 Å². The summed E-state index contributed by atoms with van der Waals surface area (Å²) in [4.78, 5) is 0. The van der Waals surface area contributed by atoms with E-state index >= 15 is 0 Å². The van der Waals surface area contributed by atoms with Gasteiger partial charge in [0.2, 0.25) is 0 Å². The molecule has 0 aromatic rings. The highest BCUT2D eigenvalue weighted by atomic mass is 16.5. The molecule has 0 spiro atoms. The van der Waals surface area contributed by atoms with Gasteiger partial charge in [0, 0.05) is 20.3 Å². The zero-order chi connectivity index (χ0) is 14.0. The molecule has 0 radical (unpaired) electrons. The van der Waals surface area contributed by atoms with Crippen molar-refractivity contribution in [2.45, 2.75) is 71.6 Å². The van der Waals surface area contributed by atoms with Gasteiger partial charge in [-0.15, -0.1) is 0 Å². The van der Waals surface area contributed by atoms with Crippen LogP contribution >= 0.6 is 0 Å². The van der Waals surface area contributed by atoms with Crippen molar-refractivity contribution in [2.24, 2.45) is 11.3 Å². The molecule has 0 saturated heterocycles. The van der Waals surface area contributed by atoms with Crippen molar-refractivity contribution in [1.82, 2.24) is 5.32 Å². The van der Waals surface area contributed by atoms with E-state index in [1.54, 1.807) is 0 Å². The minimum Gasteiger partial charge on any atom is -0.385 e. The number of hydrogen-bond acceptors (Lipinski definition) is 2. The maximum atomic E-state index is 5.24. The molecule has 0 atom stereocenters. The first-order valence-electron chi connectivity index (χ1n) is 8.46. The molecule has 1 rings (SSSR count). The number of unbranched alkanes of at least 4 members (excludes halogenated alkanes) is 1. The molecule has 0 amide bonds. The first-order chi connectivity index (χ1) is 9.26. The van der Waals surface area contributed by atoms with Gasteiger partial charge in [-0.1, -0.05) is 33.1 Å². The smallest absolute Gasteiger partial charge is 0.0462 e. The van der Waals surface area contributed by atoms with Crippen molar-refractivity contribution < 1.29 is 4.74 Å². The molecule has 114 valence electrons. The molecule has 2 heteroatoms. The van der Waals surface area contributed by atoms with Crippen molar-refractivity contribution in [3.63, 3.8) is 0 Å². The monoisotopic (exact) mass is 269 g/mol. The summed E-state index contributed by atoms with van der Waals surface area (Å²) in [6.07, 6.45) is 12.6. The minimum absolute atomic E-state index is 0.567. The van der Waals surface area contributed by atoms with Crippen LogP contribution in [0.2, 0.25) is 0 Å². The zero-order valence-electron chi connectivity index (χ0n) is 13.5. The molecule has 0 heterocycles. The number of rotatable bonds is 10. The van der Waals surface area contributed by atoms with Crippen LogP contribution in [0, 0.1) is 11.3 Å². The third-order valence-corrected chi connectivity index (χ3v) is 4.94. The summed E-state index contributed by atoms with van der Waals surface area (Å²) in [6.45, 7) is 7.77. The third-order valence-electron chi connectivity index (χ3n) is 4.94. The highest BCUT2D eigenvalue weighted by Gasteiger charge is 2.34. The predicted octanol–water partition coefficient (Wildman–Crippen LogP) is 4.39. The summed E-state index contributed by atoms with van der Waals surface area (Å²) >= 11 is 0. The third kappa shape index (κ3) is 6.27. The van der Waals surface area contributed by atoms with E-state index in [0.29, 0.717) is 5.41 Å². The minimum atomic E-state index is 0.567. The second kappa shape index (κ2) is 9.77. The first kappa shape index (κ1) is 17.0. The van der Waals surface area contributed by atoms with Gasteiger partial charge < -0.3 is 10.1 Å². The summed E-state index contributed by atoms with van der Waals surface area (Å²) in [7, 11) is 1.82. The van der Waals surface area contributed by atoms with Gasteiger partial charge in [0.05, 0.1) is 0 Å². The fraction of sp³-hybridized carbons (Fsp3) is 1.00. The highest BCUT2D eigenvalue weighted by molar-refractivity contribution is 4.87. The highest BCUT2D eigenvalue weighted by Crippen LogP contribution is 2.43. The van der Waals surface area contributed by atoms with Gasteiger partial charge >= 0.3 is 0 Å². The van der Waals surface area contributed by atoms with Crippen molar-refractivity contribution in [3.8, 4) is 0 Å². The van der Waals surface area contributed by atoms with Gasteiger partial charge in [0.25, 0.3) is 0 Å². The molecular weight excluding hydrogens is 234 g/mol. The average Bonchev–Trinajstić information content (AvgIpc) is 2.45. The van der Waals surface area contributed by atoms with Crippen LogP contribution in [-0.2, 0) is 4.74 Å². The molecule has 0 bridgehead atoms. The second-order valence-electron chi connectivity index (χ2n) is 6.46. The normalized spacial score (nSPS) is 27.6. The molecule has 1 aliphatic rings. The van der Waals surface area contributed by atoms with Gasteiger partial charge in [0.15, 0.2) is 0 Å². The van der Waals surface area contributed by atoms with Gasteiger partial charge in [0.1, 0.15) is 0 Å². The quantitative estimate of drug-likeness (QED) is 0.594. The van der Waals surface area contributed by atoms with E-state index in [-0.39, 0.29) is 0 Å². The predicted molar refractivity (Wildman–Crippen MR) is 83.6 cm³/mol. The van der Waals surface area contributed by atoms with E-state index in [2.05, 4.69) is 19.2 Å². The Morgan fingerprint density at radius 1 is 1.16 bits per heavy atom. The summed E-state index contributed by atoms with van der Waals surface area (Å²) in [5.41, 5.74) is 0.567. The zero-order valence-corrected chi connectivity index (χ0v) is 13.5. The van der Waals surface area contributed by atoms with Gasteiger partial charge in [-0.2, -0.15) is 0 Å². The van der Waals surface area contributed by atoms with Crippen LogP contribution in [0.4, 0.5) is 0 Å². The van der Waals surface area contributed by atoms with E-state index in [1.807, 2.05) is 7.11 Å². The number of hydrogen-bond donors (Lipinski definition) is 1. The van der Waals surface area contributed by atoms with Gasteiger partial charge in [-0.25, -0.2) is 0 Å². The Bertz CT molecular complexity index is 209. The number of methoxy groups -OCH3 is 1. The maximum absolute atomic E-state index is 5.24. The Morgan fingerprint density at radius 2 is 1.89 bits per heavy atom. The Balaban J connectivity index is 2.39. The molecule has 0 aliphatic heterocycles. The van der Waals surface area contributed by atoms with Crippen LogP contribution in [0.5, 0.6) is 0 Å². The molecule has 0 aromatic carbocycles. The fourth-order valence-electron chi connectivity index (χ4n) is 3.57. The van der Waals surface area contributed by atoms with Crippen LogP contribution in [0.15, 0.2) is 0 Å². The van der Waals surface area contributed by atoms with E-state index in [0.717, 1.165) is 19.1 Å². The van der Waals surface area contributed by atoms with Crippen molar-refractivity contribution >= 4 is 0 Å². The first-order valence-corrected chi connectivity index (χ1v) is 8.46. The molecular formula is C17H35NO. The van der Waals surface area contributed by atoms with E-state index in [1.165, 1.54) is 64.3 Å². The fourth-order valence-corrected chi connectivity index (χ4v) is 3.57. The summed E-state index contributed by atoms with van der Waals surface area (Å²) in [6, 6.07) is 0. The van der Waals surface area contributed by atoms with Crippen LogP contribution in [0.25, 0.3) is 0 Å². The van der Waals surface area contributed by atoms with Crippen LogP contribution in [0.1, 0.15) is 71.6 Å². The molecule has 1 saturated carbocycles. The maximum Gasteiger partial charge on any atom is 0.0462 e. The SMILES string of the molecule is CCCCC1CCC(CCCOC)(CNCC)CC1. The van der Waals surface area contributed by atoms with Crippen LogP contribution in [-0.4, -0.2) is 26.8 Å². The van der Waals surface area contributed by atoms with E-state index in [4.69, 9.17) is 4.74 Å². The topological polar surface area (TPSA) is 21.3 Å². The largest absolute Gasteiger partial charge is 0.385 e. The average molecular weight is 269 g/mol. The lowest BCUT2D eigenvalue weighted by molar-refractivity contribution is 0.107. The van der Waals surface area contributed by atoms with Crippen LogP contribution in [0.3, 0.4) is 0 Å². The van der Waals surface area contributed by atoms with Gasteiger partial charge in [-0.3, -0.25) is 0 Å². The molecule has 19 heavy (non-hydrogen) atoms. The Hall–Kier alpha value is -0.0800. The number of nitrogens with one attached hydrogen (secondary N) is 1. The summed E-state index contributed by atoms with van der Waals surface area (Å²) < 4.78 is 5.24. The standard InChI is InChI=1S/C17H35NO/c1-4-6-8-16-9-12-17(13-10-16,15-18-5-2)11-7-14-19-3/h16,18H,4-15H2,1-3H3. The Morgan fingerprint density at radius 3 is 2.47 bits per heavy atom. The van der Waals surface area contributed by atoms with Crippen molar-refractivity contribution in [3.05, 3.63) is 0 Å². The van der Waals surface area contributed by atoms with Crippen molar-refractivity contribution in [2.75, 3.05) is 26.8 Å².